The zero-order valence-corrected chi connectivity index (χ0v) is 12.0. The second-order valence-electron chi connectivity index (χ2n) is 4.73. The van der Waals surface area contributed by atoms with E-state index in [1.54, 1.807) is 0 Å². The average Bonchev–Trinajstić information content (AvgIpc) is 2.48. The molecule has 0 spiro atoms. The molecule has 0 radical (unpaired) electrons. The van der Waals surface area contributed by atoms with Crippen LogP contribution in [0.2, 0.25) is 0 Å². The van der Waals surface area contributed by atoms with Crippen molar-refractivity contribution in [1.82, 2.24) is 5.32 Å². The highest BCUT2D eigenvalue weighted by atomic mass is 19.1. The molecule has 0 aliphatic heterocycles. The van der Waals surface area contributed by atoms with Crippen molar-refractivity contribution in [3.05, 3.63) is 65.7 Å². The number of nitrogens with one attached hydrogen (secondary N) is 1. The highest BCUT2D eigenvalue weighted by Crippen LogP contribution is 2.21. The zero-order valence-electron chi connectivity index (χ0n) is 12.0. The highest BCUT2D eigenvalue weighted by Gasteiger charge is 2.15. The lowest BCUT2D eigenvalue weighted by atomic mass is 10.0. The normalized spacial score (nSPS) is 12.1. The van der Waals surface area contributed by atoms with E-state index in [9.17, 15) is 8.78 Å². The molecule has 2 aromatic carbocycles. The second kappa shape index (κ2) is 7.74. The molecule has 4 heteroatoms. The molecule has 2 aromatic rings. The molecule has 21 heavy (non-hydrogen) atoms. The van der Waals surface area contributed by atoms with Gasteiger partial charge in [0, 0.05) is 24.1 Å². The van der Waals surface area contributed by atoms with Crippen LogP contribution in [-0.4, -0.2) is 13.2 Å². The molecule has 2 rings (SSSR count). The van der Waals surface area contributed by atoms with Gasteiger partial charge in [0.25, 0.3) is 0 Å². The van der Waals surface area contributed by atoms with Crippen LogP contribution in [-0.2, 0) is 0 Å². The van der Waals surface area contributed by atoms with E-state index in [2.05, 4.69) is 5.32 Å². The molecule has 0 saturated carbocycles. The Kier molecular flexibility index (Phi) is 5.69. The van der Waals surface area contributed by atoms with Gasteiger partial charge in [0.2, 0.25) is 0 Å². The molecule has 1 N–H and O–H groups in total. The molecular weight excluding hydrogens is 272 g/mol. The third-order valence-corrected chi connectivity index (χ3v) is 3.21. The van der Waals surface area contributed by atoms with Gasteiger partial charge in [-0.15, -0.1) is 0 Å². The summed E-state index contributed by atoms with van der Waals surface area (Å²) in [5, 5.41) is 3.20. The molecule has 2 nitrogen and oxygen atoms in total. The van der Waals surface area contributed by atoms with Crippen LogP contribution in [0.1, 0.15) is 24.9 Å². The van der Waals surface area contributed by atoms with Crippen molar-refractivity contribution in [1.29, 1.82) is 0 Å². The molecule has 0 aliphatic rings. The minimum Gasteiger partial charge on any atom is -0.494 e. The van der Waals surface area contributed by atoms with E-state index >= 15 is 0 Å². The summed E-state index contributed by atoms with van der Waals surface area (Å²) in [4.78, 5) is 0. The molecule has 0 amide bonds. The fourth-order valence-electron chi connectivity index (χ4n) is 2.21. The van der Waals surface area contributed by atoms with Crippen molar-refractivity contribution in [2.75, 3.05) is 13.2 Å². The van der Waals surface area contributed by atoms with E-state index in [-0.39, 0.29) is 6.04 Å². The Bertz CT molecular complexity index is 560. The first-order valence-electron chi connectivity index (χ1n) is 7.07. The fraction of sp³-hybridized carbons (Fsp3) is 0.294. The van der Waals surface area contributed by atoms with Gasteiger partial charge in [0.05, 0.1) is 6.61 Å². The molecule has 0 aliphatic carbocycles. The first-order valence-corrected chi connectivity index (χ1v) is 7.07. The molecule has 0 bridgehead atoms. The Morgan fingerprint density at radius 3 is 2.52 bits per heavy atom. The van der Waals surface area contributed by atoms with Crippen molar-refractivity contribution in [2.45, 2.75) is 19.4 Å². The maximum Gasteiger partial charge on any atom is 0.130 e. The first kappa shape index (κ1) is 15.4. The Morgan fingerprint density at radius 2 is 1.86 bits per heavy atom. The van der Waals surface area contributed by atoms with Gasteiger partial charge in [-0.3, -0.25) is 0 Å². The second-order valence-corrected chi connectivity index (χ2v) is 4.73. The molecular formula is C17H19F2NO. The summed E-state index contributed by atoms with van der Waals surface area (Å²) >= 11 is 0. The van der Waals surface area contributed by atoms with Crippen molar-refractivity contribution in [2.24, 2.45) is 0 Å². The van der Waals surface area contributed by atoms with Crippen LogP contribution in [0.4, 0.5) is 8.78 Å². The SMILES string of the molecule is CCNC(CCOc1ccccc1)c1ccc(F)cc1F. The van der Waals surface area contributed by atoms with Crippen molar-refractivity contribution in [3.8, 4) is 5.75 Å². The van der Waals surface area contributed by atoms with Crippen LogP contribution in [0.15, 0.2) is 48.5 Å². The lowest BCUT2D eigenvalue weighted by molar-refractivity contribution is 0.285. The molecule has 0 heterocycles. The van der Waals surface area contributed by atoms with Gasteiger partial charge in [0.15, 0.2) is 0 Å². The monoisotopic (exact) mass is 291 g/mol. The standard InChI is InChI=1S/C17H19F2NO/c1-2-20-17(15-9-8-13(18)12-16(15)19)10-11-21-14-6-4-3-5-7-14/h3-9,12,17,20H,2,10-11H2,1H3. The average molecular weight is 291 g/mol. The Hall–Kier alpha value is -1.94. The molecule has 112 valence electrons. The van der Waals surface area contributed by atoms with E-state index in [1.807, 2.05) is 37.3 Å². The van der Waals surface area contributed by atoms with Gasteiger partial charge in [-0.25, -0.2) is 8.78 Å². The van der Waals surface area contributed by atoms with Crippen molar-refractivity contribution in [3.63, 3.8) is 0 Å². The van der Waals surface area contributed by atoms with Crippen LogP contribution < -0.4 is 10.1 Å². The van der Waals surface area contributed by atoms with Gasteiger partial charge in [-0.2, -0.15) is 0 Å². The number of hydrogen-bond donors (Lipinski definition) is 1. The number of benzene rings is 2. The van der Waals surface area contributed by atoms with Gasteiger partial charge in [-0.05, 0) is 24.7 Å². The Balaban J connectivity index is 1.98. The Labute approximate surface area is 123 Å². The first-order chi connectivity index (χ1) is 10.2. The number of hydrogen-bond acceptors (Lipinski definition) is 2. The summed E-state index contributed by atoms with van der Waals surface area (Å²) < 4.78 is 32.5. The summed E-state index contributed by atoms with van der Waals surface area (Å²) in [5.74, 6) is -0.306. The molecule has 0 fully saturated rings. The minimum absolute atomic E-state index is 0.195. The number of para-hydroxylation sites is 1. The van der Waals surface area contributed by atoms with E-state index in [0.29, 0.717) is 25.1 Å². The lowest BCUT2D eigenvalue weighted by Gasteiger charge is -2.19. The van der Waals surface area contributed by atoms with E-state index in [1.165, 1.54) is 12.1 Å². The van der Waals surface area contributed by atoms with Crippen molar-refractivity contribution < 1.29 is 13.5 Å². The minimum atomic E-state index is -0.563. The van der Waals surface area contributed by atoms with Gasteiger partial charge >= 0.3 is 0 Å². The lowest BCUT2D eigenvalue weighted by Crippen LogP contribution is -2.24. The molecule has 1 atom stereocenters. The third kappa shape index (κ3) is 4.53. The maximum absolute atomic E-state index is 13.9. The largest absolute Gasteiger partial charge is 0.494 e. The quantitative estimate of drug-likeness (QED) is 0.830. The smallest absolute Gasteiger partial charge is 0.130 e. The summed E-state index contributed by atoms with van der Waals surface area (Å²) in [6, 6.07) is 13.0. The zero-order chi connectivity index (χ0) is 15.1. The molecule has 0 saturated heterocycles. The van der Waals surface area contributed by atoms with Gasteiger partial charge < -0.3 is 10.1 Å². The van der Waals surface area contributed by atoms with Gasteiger partial charge in [0.1, 0.15) is 17.4 Å². The molecule has 0 aromatic heterocycles. The van der Waals surface area contributed by atoms with Crippen LogP contribution in [0.5, 0.6) is 5.75 Å². The highest BCUT2D eigenvalue weighted by molar-refractivity contribution is 5.23. The summed E-state index contributed by atoms with van der Waals surface area (Å²) in [6.07, 6.45) is 0.602. The Morgan fingerprint density at radius 1 is 1.10 bits per heavy atom. The van der Waals surface area contributed by atoms with Gasteiger partial charge in [-0.1, -0.05) is 31.2 Å². The predicted octanol–water partition coefficient (Wildman–Crippen LogP) is 4.08. The molecule has 1 unspecified atom stereocenters. The van der Waals surface area contributed by atoms with Crippen LogP contribution >= 0.6 is 0 Å². The van der Waals surface area contributed by atoms with Crippen LogP contribution in [0.3, 0.4) is 0 Å². The van der Waals surface area contributed by atoms with Crippen molar-refractivity contribution >= 4 is 0 Å². The summed E-state index contributed by atoms with van der Waals surface area (Å²) in [5.41, 5.74) is 0.468. The summed E-state index contributed by atoms with van der Waals surface area (Å²) in [7, 11) is 0. The third-order valence-electron chi connectivity index (χ3n) is 3.21. The maximum atomic E-state index is 13.9. The van der Waals surface area contributed by atoms with Crippen LogP contribution in [0.25, 0.3) is 0 Å². The van der Waals surface area contributed by atoms with Crippen LogP contribution in [0, 0.1) is 11.6 Å². The predicted molar refractivity (Wildman–Crippen MR) is 79.3 cm³/mol. The number of halogens is 2. The number of ether oxygens (including phenoxy) is 1. The fourth-order valence-corrected chi connectivity index (χ4v) is 2.21. The van der Waals surface area contributed by atoms with E-state index in [4.69, 9.17) is 4.74 Å². The number of rotatable bonds is 7. The topological polar surface area (TPSA) is 21.3 Å². The summed E-state index contributed by atoms with van der Waals surface area (Å²) in [6.45, 7) is 3.11. The van der Waals surface area contributed by atoms with E-state index in [0.717, 1.165) is 11.8 Å². The van der Waals surface area contributed by atoms with E-state index < -0.39 is 11.6 Å².